The lowest BCUT2D eigenvalue weighted by Gasteiger charge is -2.39. The maximum absolute atomic E-state index is 13.2. The van der Waals surface area contributed by atoms with Gasteiger partial charge in [-0.2, -0.15) is 0 Å². The standard InChI is InChI=1S/C19H26N2O3S/c1-14-12-21(9-8-20(14)10-11-23-2)19(22)18-16(13-24-3)15-6-4-5-7-17(15)25-18/h4-7,14H,8-13H2,1-3H3/t14-/m1/s1. The van der Waals surface area contributed by atoms with Crippen LogP contribution in [0.15, 0.2) is 24.3 Å². The molecule has 3 rings (SSSR count). The van der Waals surface area contributed by atoms with E-state index < -0.39 is 0 Å². The van der Waals surface area contributed by atoms with Gasteiger partial charge < -0.3 is 14.4 Å². The van der Waals surface area contributed by atoms with Crippen LogP contribution in [0.4, 0.5) is 0 Å². The molecule has 1 aromatic carbocycles. The van der Waals surface area contributed by atoms with E-state index in [0.29, 0.717) is 12.6 Å². The number of fused-ring (bicyclic) bond motifs is 1. The van der Waals surface area contributed by atoms with E-state index in [2.05, 4.69) is 24.0 Å². The third-order valence-electron chi connectivity index (χ3n) is 4.82. The lowest BCUT2D eigenvalue weighted by atomic mass is 10.1. The number of ether oxygens (including phenoxy) is 2. The number of carbonyl (C=O) groups excluding carboxylic acids is 1. The van der Waals surface area contributed by atoms with Gasteiger partial charge in [-0.3, -0.25) is 9.69 Å². The Labute approximate surface area is 153 Å². The summed E-state index contributed by atoms with van der Waals surface area (Å²) in [6, 6.07) is 8.51. The van der Waals surface area contributed by atoms with Crippen LogP contribution in [0.3, 0.4) is 0 Å². The molecule has 5 nitrogen and oxygen atoms in total. The number of benzene rings is 1. The molecule has 0 radical (unpaired) electrons. The molecular formula is C19H26N2O3S. The molecule has 0 unspecified atom stereocenters. The van der Waals surface area contributed by atoms with Crippen molar-refractivity contribution in [3.8, 4) is 0 Å². The van der Waals surface area contributed by atoms with Gasteiger partial charge >= 0.3 is 0 Å². The van der Waals surface area contributed by atoms with Crippen molar-refractivity contribution in [2.75, 3.05) is 47.0 Å². The molecule has 1 aliphatic heterocycles. The van der Waals surface area contributed by atoms with Gasteiger partial charge in [-0.15, -0.1) is 11.3 Å². The summed E-state index contributed by atoms with van der Waals surface area (Å²) in [6.45, 7) is 6.69. The Hall–Kier alpha value is -1.47. The topological polar surface area (TPSA) is 42.0 Å². The van der Waals surface area contributed by atoms with Crippen LogP contribution in [-0.4, -0.2) is 68.8 Å². The van der Waals surface area contributed by atoms with Crippen molar-refractivity contribution in [3.63, 3.8) is 0 Å². The van der Waals surface area contributed by atoms with Gasteiger partial charge in [-0.05, 0) is 18.4 Å². The highest BCUT2D eigenvalue weighted by atomic mass is 32.1. The largest absolute Gasteiger partial charge is 0.383 e. The summed E-state index contributed by atoms with van der Waals surface area (Å²) in [6.07, 6.45) is 0. The Morgan fingerprint density at radius 1 is 1.24 bits per heavy atom. The second kappa shape index (κ2) is 8.27. The quantitative estimate of drug-likeness (QED) is 0.792. The Kier molecular flexibility index (Phi) is 6.06. The second-order valence-electron chi connectivity index (χ2n) is 6.47. The number of rotatable bonds is 6. The average molecular weight is 362 g/mol. The summed E-state index contributed by atoms with van der Waals surface area (Å²) in [5.41, 5.74) is 1.02. The second-order valence-corrected chi connectivity index (χ2v) is 7.52. The van der Waals surface area contributed by atoms with Crippen molar-refractivity contribution in [2.45, 2.75) is 19.6 Å². The number of piperazine rings is 1. The van der Waals surface area contributed by atoms with E-state index in [-0.39, 0.29) is 5.91 Å². The maximum Gasteiger partial charge on any atom is 0.264 e. The van der Waals surface area contributed by atoms with Crippen molar-refractivity contribution >= 4 is 27.3 Å². The number of nitrogens with zero attached hydrogens (tertiary/aromatic N) is 2. The Balaban J connectivity index is 1.79. The lowest BCUT2D eigenvalue weighted by molar-refractivity contribution is 0.0436. The van der Waals surface area contributed by atoms with Gasteiger partial charge in [0.25, 0.3) is 5.91 Å². The molecule has 0 N–H and O–H groups in total. The van der Waals surface area contributed by atoms with E-state index in [0.717, 1.165) is 53.3 Å². The molecule has 2 aromatic rings. The van der Waals surface area contributed by atoms with E-state index in [9.17, 15) is 4.79 Å². The van der Waals surface area contributed by atoms with E-state index >= 15 is 0 Å². The normalized spacial score (nSPS) is 18.8. The predicted octanol–water partition coefficient (Wildman–Crippen LogP) is 2.84. The van der Waals surface area contributed by atoms with Crippen LogP contribution < -0.4 is 0 Å². The van der Waals surface area contributed by atoms with Gasteiger partial charge in [0.1, 0.15) is 0 Å². The summed E-state index contributed by atoms with van der Waals surface area (Å²) in [5.74, 6) is 0.131. The first-order chi connectivity index (χ1) is 12.2. The Morgan fingerprint density at radius 2 is 2.04 bits per heavy atom. The fraction of sp³-hybridized carbons (Fsp3) is 0.526. The Bertz CT molecular complexity index is 731. The third kappa shape index (κ3) is 3.87. The van der Waals surface area contributed by atoms with Crippen LogP contribution in [0.5, 0.6) is 0 Å². The van der Waals surface area contributed by atoms with Gasteiger partial charge in [0.2, 0.25) is 0 Å². The number of thiophene rings is 1. The van der Waals surface area contributed by atoms with Crippen molar-refractivity contribution in [2.24, 2.45) is 0 Å². The minimum absolute atomic E-state index is 0.131. The summed E-state index contributed by atoms with van der Waals surface area (Å²) < 4.78 is 11.7. The molecule has 1 saturated heterocycles. The van der Waals surface area contributed by atoms with Crippen LogP contribution in [-0.2, 0) is 16.1 Å². The van der Waals surface area contributed by atoms with Crippen LogP contribution in [0.25, 0.3) is 10.1 Å². The van der Waals surface area contributed by atoms with Gasteiger partial charge in [-0.1, -0.05) is 18.2 Å². The zero-order valence-corrected chi connectivity index (χ0v) is 16.0. The van der Waals surface area contributed by atoms with E-state index in [1.54, 1.807) is 25.6 Å². The predicted molar refractivity (Wildman–Crippen MR) is 101 cm³/mol. The maximum atomic E-state index is 13.2. The molecule has 0 spiro atoms. The number of hydrogen-bond donors (Lipinski definition) is 0. The first kappa shape index (κ1) is 18.3. The summed E-state index contributed by atoms with van der Waals surface area (Å²) >= 11 is 1.58. The number of carbonyl (C=O) groups is 1. The SMILES string of the molecule is COCCN1CCN(C(=O)c2sc3ccccc3c2COC)C[C@H]1C. The Morgan fingerprint density at radius 3 is 2.76 bits per heavy atom. The molecule has 1 fully saturated rings. The molecule has 1 atom stereocenters. The molecule has 2 heterocycles. The van der Waals surface area contributed by atoms with E-state index in [4.69, 9.17) is 9.47 Å². The molecule has 0 saturated carbocycles. The molecule has 0 bridgehead atoms. The van der Waals surface area contributed by atoms with Crippen LogP contribution >= 0.6 is 11.3 Å². The van der Waals surface area contributed by atoms with Crippen LogP contribution in [0, 0.1) is 0 Å². The molecule has 0 aliphatic carbocycles. The lowest BCUT2D eigenvalue weighted by Crippen LogP contribution is -2.54. The molecule has 6 heteroatoms. The summed E-state index contributed by atoms with van der Waals surface area (Å²) in [7, 11) is 3.40. The highest BCUT2D eigenvalue weighted by Crippen LogP contribution is 2.33. The van der Waals surface area contributed by atoms with Crippen molar-refractivity contribution < 1.29 is 14.3 Å². The molecule has 25 heavy (non-hydrogen) atoms. The van der Waals surface area contributed by atoms with Gasteiger partial charge in [0.05, 0.1) is 18.1 Å². The van der Waals surface area contributed by atoms with Crippen LogP contribution in [0.2, 0.25) is 0 Å². The smallest absolute Gasteiger partial charge is 0.264 e. The van der Waals surface area contributed by atoms with Crippen molar-refractivity contribution in [1.82, 2.24) is 9.80 Å². The molecule has 136 valence electrons. The number of amides is 1. The number of methoxy groups -OCH3 is 2. The van der Waals surface area contributed by atoms with E-state index in [1.807, 2.05) is 17.0 Å². The fourth-order valence-corrected chi connectivity index (χ4v) is 4.60. The molecule has 1 aromatic heterocycles. The highest BCUT2D eigenvalue weighted by Gasteiger charge is 2.29. The zero-order valence-electron chi connectivity index (χ0n) is 15.2. The zero-order chi connectivity index (χ0) is 17.8. The minimum Gasteiger partial charge on any atom is -0.383 e. The van der Waals surface area contributed by atoms with E-state index in [1.165, 1.54) is 0 Å². The minimum atomic E-state index is 0.131. The average Bonchev–Trinajstić information content (AvgIpc) is 2.99. The highest BCUT2D eigenvalue weighted by molar-refractivity contribution is 7.21. The first-order valence-electron chi connectivity index (χ1n) is 8.67. The summed E-state index contributed by atoms with van der Waals surface area (Å²) in [4.78, 5) is 18.4. The monoisotopic (exact) mass is 362 g/mol. The fourth-order valence-electron chi connectivity index (χ4n) is 3.42. The van der Waals surface area contributed by atoms with Crippen molar-refractivity contribution in [1.29, 1.82) is 0 Å². The number of hydrogen-bond acceptors (Lipinski definition) is 5. The van der Waals surface area contributed by atoms with Gasteiger partial charge in [-0.25, -0.2) is 0 Å². The third-order valence-corrected chi connectivity index (χ3v) is 6.02. The van der Waals surface area contributed by atoms with Gasteiger partial charge in [0.15, 0.2) is 0 Å². The van der Waals surface area contributed by atoms with Crippen LogP contribution in [0.1, 0.15) is 22.2 Å². The first-order valence-corrected chi connectivity index (χ1v) is 9.49. The molecule has 1 aliphatic rings. The summed E-state index contributed by atoms with van der Waals surface area (Å²) in [5, 5.41) is 1.13. The van der Waals surface area contributed by atoms with Crippen molar-refractivity contribution in [3.05, 3.63) is 34.7 Å². The molecule has 1 amide bonds. The van der Waals surface area contributed by atoms with Gasteiger partial charge in [0, 0.05) is 56.7 Å². The molecular weight excluding hydrogens is 336 g/mol.